The molecule has 1 N–H and O–H groups in total. The highest BCUT2D eigenvalue weighted by Gasteiger charge is 2.32. The zero-order chi connectivity index (χ0) is 14.0. The molecule has 1 fully saturated rings. The minimum Gasteiger partial charge on any atom is -0.394 e. The maximum absolute atomic E-state index is 11.1. The van der Waals surface area contributed by atoms with E-state index < -0.39 is 11.0 Å². The van der Waals surface area contributed by atoms with Gasteiger partial charge in [0.15, 0.2) is 0 Å². The lowest BCUT2D eigenvalue weighted by atomic mass is 10.2. The minimum absolute atomic E-state index is 0.151. The standard InChI is InChI=1S/C10H13ClN4O4/c1-6-2-14(3-7(4-16)19-6)10-8(15(17)18)9(11)12-5-13-10/h5-7,16H,2-4H2,1H3. The molecule has 2 rings (SSSR count). The Balaban J connectivity index is 2.35. The lowest BCUT2D eigenvalue weighted by Gasteiger charge is -2.36. The van der Waals surface area contributed by atoms with Crippen LogP contribution < -0.4 is 4.90 Å². The van der Waals surface area contributed by atoms with Gasteiger partial charge in [0.05, 0.1) is 23.7 Å². The maximum Gasteiger partial charge on any atom is 0.348 e. The minimum atomic E-state index is -0.605. The topological polar surface area (TPSA) is 102 Å². The third kappa shape index (κ3) is 2.91. The number of anilines is 1. The highest BCUT2D eigenvalue weighted by molar-refractivity contribution is 6.31. The SMILES string of the molecule is CC1CN(c2ncnc(Cl)c2[N+](=O)[O-])CC(CO)O1. The van der Waals surface area contributed by atoms with Gasteiger partial charge in [0.2, 0.25) is 11.0 Å². The fourth-order valence-corrected chi connectivity index (χ4v) is 2.25. The first-order chi connectivity index (χ1) is 9.02. The molecular formula is C10H13ClN4O4. The van der Waals surface area contributed by atoms with Crippen LogP contribution >= 0.6 is 11.6 Å². The van der Waals surface area contributed by atoms with Gasteiger partial charge in [-0.3, -0.25) is 10.1 Å². The summed E-state index contributed by atoms with van der Waals surface area (Å²) in [6, 6.07) is 0. The summed E-state index contributed by atoms with van der Waals surface area (Å²) in [5.74, 6) is 0.151. The number of aliphatic hydroxyl groups excluding tert-OH is 1. The Kier molecular flexibility index (Phi) is 4.13. The second kappa shape index (κ2) is 5.64. The highest BCUT2D eigenvalue weighted by atomic mass is 35.5. The molecule has 104 valence electrons. The molecule has 2 heterocycles. The predicted molar refractivity (Wildman–Crippen MR) is 67.3 cm³/mol. The van der Waals surface area contributed by atoms with E-state index in [-0.39, 0.29) is 29.4 Å². The number of rotatable bonds is 3. The number of morpholine rings is 1. The number of hydrogen-bond acceptors (Lipinski definition) is 7. The summed E-state index contributed by atoms with van der Waals surface area (Å²) < 4.78 is 5.48. The third-order valence-corrected chi connectivity index (χ3v) is 3.05. The zero-order valence-electron chi connectivity index (χ0n) is 10.2. The summed E-state index contributed by atoms with van der Waals surface area (Å²) in [5, 5.41) is 20.0. The van der Waals surface area contributed by atoms with Crippen molar-refractivity contribution in [3.8, 4) is 0 Å². The van der Waals surface area contributed by atoms with Gasteiger partial charge in [0.1, 0.15) is 6.33 Å². The molecule has 1 aromatic rings. The highest BCUT2D eigenvalue weighted by Crippen LogP contribution is 2.32. The van der Waals surface area contributed by atoms with Crippen LogP contribution in [0.3, 0.4) is 0 Å². The molecule has 0 saturated carbocycles. The number of nitro groups is 1. The van der Waals surface area contributed by atoms with Crippen molar-refractivity contribution in [1.82, 2.24) is 9.97 Å². The summed E-state index contributed by atoms with van der Waals surface area (Å²) in [6.45, 7) is 2.41. The number of ether oxygens (including phenoxy) is 1. The van der Waals surface area contributed by atoms with Gasteiger partial charge in [-0.2, -0.15) is 0 Å². The van der Waals surface area contributed by atoms with Gasteiger partial charge in [0.25, 0.3) is 0 Å². The van der Waals surface area contributed by atoms with Crippen molar-refractivity contribution < 1.29 is 14.8 Å². The molecule has 1 aliphatic rings. The van der Waals surface area contributed by atoms with Gasteiger partial charge < -0.3 is 14.7 Å². The zero-order valence-corrected chi connectivity index (χ0v) is 10.9. The molecule has 0 amide bonds. The van der Waals surface area contributed by atoms with Gasteiger partial charge in [0, 0.05) is 13.1 Å². The lowest BCUT2D eigenvalue weighted by molar-refractivity contribution is -0.384. The van der Waals surface area contributed by atoms with E-state index in [0.717, 1.165) is 0 Å². The molecule has 0 aliphatic carbocycles. The van der Waals surface area contributed by atoms with Crippen LogP contribution in [0.4, 0.5) is 11.5 Å². The molecule has 19 heavy (non-hydrogen) atoms. The van der Waals surface area contributed by atoms with E-state index in [2.05, 4.69) is 9.97 Å². The Hall–Kier alpha value is -1.51. The van der Waals surface area contributed by atoms with Crippen LogP contribution in [0.5, 0.6) is 0 Å². The van der Waals surface area contributed by atoms with Gasteiger partial charge in [-0.15, -0.1) is 0 Å². The first kappa shape index (κ1) is 13.9. The number of hydrogen-bond donors (Lipinski definition) is 1. The van der Waals surface area contributed by atoms with Crippen molar-refractivity contribution in [3.05, 3.63) is 21.6 Å². The summed E-state index contributed by atoms with van der Waals surface area (Å²) in [6.07, 6.45) is 0.606. The van der Waals surface area contributed by atoms with E-state index >= 15 is 0 Å². The van der Waals surface area contributed by atoms with Crippen LogP contribution in [-0.2, 0) is 4.74 Å². The Morgan fingerprint density at radius 3 is 3.00 bits per heavy atom. The predicted octanol–water partition coefficient (Wildman–Crippen LogP) is 0.624. The molecule has 0 spiro atoms. The first-order valence-electron chi connectivity index (χ1n) is 5.69. The third-order valence-electron chi connectivity index (χ3n) is 2.77. The number of halogens is 1. The smallest absolute Gasteiger partial charge is 0.348 e. The molecule has 1 aliphatic heterocycles. The molecular weight excluding hydrogens is 276 g/mol. The average Bonchev–Trinajstić information content (AvgIpc) is 2.37. The Bertz CT molecular complexity index is 487. The van der Waals surface area contributed by atoms with E-state index in [1.165, 1.54) is 6.33 Å². The van der Waals surface area contributed by atoms with Gasteiger partial charge >= 0.3 is 5.69 Å². The summed E-state index contributed by atoms with van der Waals surface area (Å²) in [5.41, 5.74) is -0.324. The molecule has 2 atom stereocenters. The number of aliphatic hydroxyl groups is 1. The molecule has 2 unspecified atom stereocenters. The Labute approximate surface area is 114 Å². The molecule has 1 aromatic heterocycles. The fraction of sp³-hybridized carbons (Fsp3) is 0.600. The summed E-state index contributed by atoms with van der Waals surface area (Å²) in [4.78, 5) is 19.7. The monoisotopic (exact) mass is 288 g/mol. The lowest BCUT2D eigenvalue weighted by Crippen LogP contribution is -2.48. The molecule has 8 nitrogen and oxygen atoms in total. The van der Waals surface area contributed by atoms with Crippen LogP contribution in [0.15, 0.2) is 6.33 Å². The number of nitrogens with zero attached hydrogens (tertiary/aromatic N) is 4. The summed E-state index contributed by atoms with van der Waals surface area (Å²) >= 11 is 5.75. The van der Waals surface area contributed by atoms with E-state index in [0.29, 0.717) is 13.1 Å². The van der Waals surface area contributed by atoms with Crippen molar-refractivity contribution in [1.29, 1.82) is 0 Å². The van der Waals surface area contributed by atoms with Crippen molar-refractivity contribution >= 4 is 23.1 Å². The van der Waals surface area contributed by atoms with E-state index in [9.17, 15) is 10.1 Å². The fourth-order valence-electron chi connectivity index (χ4n) is 2.06. The molecule has 0 aromatic carbocycles. The van der Waals surface area contributed by atoms with Gasteiger partial charge in [-0.25, -0.2) is 9.97 Å². The van der Waals surface area contributed by atoms with Crippen LogP contribution in [-0.4, -0.2) is 51.9 Å². The first-order valence-corrected chi connectivity index (χ1v) is 6.07. The van der Waals surface area contributed by atoms with E-state index in [4.69, 9.17) is 21.4 Å². The maximum atomic E-state index is 11.1. The molecule has 9 heteroatoms. The van der Waals surface area contributed by atoms with Crippen molar-refractivity contribution in [2.75, 3.05) is 24.6 Å². The second-order valence-electron chi connectivity index (χ2n) is 4.25. The Morgan fingerprint density at radius 2 is 2.37 bits per heavy atom. The van der Waals surface area contributed by atoms with Crippen LogP contribution in [0.2, 0.25) is 5.15 Å². The molecule has 1 saturated heterocycles. The average molecular weight is 289 g/mol. The summed E-state index contributed by atoms with van der Waals surface area (Å²) in [7, 11) is 0. The van der Waals surface area contributed by atoms with Crippen LogP contribution in [0, 0.1) is 10.1 Å². The van der Waals surface area contributed by atoms with E-state index in [1.54, 1.807) is 4.90 Å². The molecule has 0 bridgehead atoms. The quantitative estimate of drug-likeness (QED) is 0.494. The van der Waals surface area contributed by atoms with Gasteiger partial charge in [-0.1, -0.05) is 11.6 Å². The van der Waals surface area contributed by atoms with Gasteiger partial charge in [-0.05, 0) is 6.92 Å². The van der Waals surface area contributed by atoms with Crippen molar-refractivity contribution in [2.45, 2.75) is 19.1 Å². The molecule has 0 radical (unpaired) electrons. The second-order valence-corrected chi connectivity index (χ2v) is 4.61. The normalized spacial score (nSPS) is 23.4. The van der Waals surface area contributed by atoms with E-state index in [1.807, 2.05) is 6.92 Å². The Morgan fingerprint density at radius 1 is 1.63 bits per heavy atom. The largest absolute Gasteiger partial charge is 0.394 e. The van der Waals surface area contributed by atoms with Crippen LogP contribution in [0.25, 0.3) is 0 Å². The van der Waals surface area contributed by atoms with Crippen molar-refractivity contribution in [3.63, 3.8) is 0 Å². The van der Waals surface area contributed by atoms with Crippen LogP contribution in [0.1, 0.15) is 6.92 Å². The number of aromatic nitrogens is 2. The van der Waals surface area contributed by atoms with Crippen molar-refractivity contribution in [2.24, 2.45) is 0 Å².